The Kier molecular flexibility index (Phi) is 6.25. The van der Waals surface area contributed by atoms with E-state index in [-0.39, 0.29) is 22.0 Å². The van der Waals surface area contributed by atoms with Crippen LogP contribution in [0.2, 0.25) is 0 Å². The van der Waals surface area contributed by atoms with Crippen LogP contribution >= 0.6 is 0 Å². The third kappa shape index (κ3) is 4.44. The summed E-state index contributed by atoms with van der Waals surface area (Å²) >= 11 is 0. The van der Waals surface area contributed by atoms with E-state index >= 15 is 0 Å². The molecule has 4 rings (SSSR count). The van der Waals surface area contributed by atoms with Crippen LogP contribution in [0.25, 0.3) is 11.0 Å². The first-order valence-corrected chi connectivity index (χ1v) is 12.0. The standard InChI is InChI=1S/C24H25N3O6S/c1-5-32-17-10-12-19(13-11-17)34(29,30)25-20-14-21-22(27(3)24(28)26(21)2)15-23(20)33-18-8-6-16(31-4)7-9-18/h6-15,25H,5H2,1-4H3. The molecule has 3 aromatic carbocycles. The van der Waals surface area contributed by atoms with Gasteiger partial charge in [0.15, 0.2) is 5.75 Å². The normalized spacial score (nSPS) is 11.4. The van der Waals surface area contributed by atoms with E-state index in [4.69, 9.17) is 14.2 Å². The van der Waals surface area contributed by atoms with Gasteiger partial charge in [-0.15, -0.1) is 0 Å². The molecule has 1 N–H and O–H groups in total. The number of benzene rings is 3. The van der Waals surface area contributed by atoms with Gasteiger partial charge in [-0.05, 0) is 61.5 Å². The van der Waals surface area contributed by atoms with Gasteiger partial charge in [-0.25, -0.2) is 13.2 Å². The number of anilines is 1. The SMILES string of the molecule is CCOc1ccc(S(=O)(=O)Nc2cc3c(cc2Oc2ccc(OC)cc2)n(C)c(=O)n3C)cc1. The van der Waals surface area contributed by atoms with Gasteiger partial charge < -0.3 is 14.2 Å². The van der Waals surface area contributed by atoms with Crippen LogP contribution in [0.5, 0.6) is 23.0 Å². The van der Waals surface area contributed by atoms with Crippen molar-refractivity contribution in [3.8, 4) is 23.0 Å². The summed E-state index contributed by atoms with van der Waals surface area (Å²) in [6, 6.07) is 16.2. The second kappa shape index (κ2) is 9.14. The minimum atomic E-state index is -3.96. The lowest BCUT2D eigenvalue weighted by molar-refractivity contribution is 0.340. The fraction of sp³-hybridized carbons (Fsp3) is 0.208. The molecular formula is C24H25N3O6S. The van der Waals surface area contributed by atoms with Gasteiger partial charge in [-0.2, -0.15) is 0 Å². The number of nitrogens with zero attached hydrogens (tertiary/aromatic N) is 2. The van der Waals surface area contributed by atoms with Crippen molar-refractivity contribution >= 4 is 26.7 Å². The van der Waals surface area contributed by atoms with E-state index in [1.165, 1.54) is 21.3 Å². The molecule has 0 saturated carbocycles. The highest BCUT2D eigenvalue weighted by Gasteiger charge is 2.20. The number of rotatable bonds is 8. The lowest BCUT2D eigenvalue weighted by atomic mass is 10.2. The summed E-state index contributed by atoms with van der Waals surface area (Å²) in [6.07, 6.45) is 0. The predicted octanol–water partition coefficient (Wildman–Crippen LogP) is 3.88. The van der Waals surface area contributed by atoms with Crippen LogP contribution in [0.4, 0.5) is 5.69 Å². The molecule has 34 heavy (non-hydrogen) atoms. The summed E-state index contributed by atoms with van der Waals surface area (Å²) < 4.78 is 48.4. The molecule has 0 unspecified atom stereocenters. The maximum atomic E-state index is 13.2. The topological polar surface area (TPSA) is 101 Å². The quantitative estimate of drug-likeness (QED) is 0.408. The van der Waals surface area contributed by atoms with Crippen LogP contribution in [-0.4, -0.2) is 31.3 Å². The predicted molar refractivity (Wildman–Crippen MR) is 130 cm³/mol. The molecular weight excluding hydrogens is 458 g/mol. The number of ether oxygens (including phenoxy) is 3. The number of fused-ring (bicyclic) bond motifs is 1. The zero-order chi connectivity index (χ0) is 24.5. The molecule has 1 heterocycles. The number of sulfonamides is 1. The van der Waals surface area contributed by atoms with Crippen molar-refractivity contribution in [2.75, 3.05) is 18.4 Å². The van der Waals surface area contributed by atoms with Gasteiger partial charge in [0, 0.05) is 20.2 Å². The minimum absolute atomic E-state index is 0.0633. The van der Waals surface area contributed by atoms with Crippen LogP contribution in [0, 0.1) is 0 Å². The van der Waals surface area contributed by atoms with E-state index in [9.17, 15) is 13.2 Å². The average Bonchev–Trinajstić information content (AvgIpc) is 3.03. The summed E-state index contributed by atoms with van der Waals surface area (Å²) in [4.78, 5) is 12.5. The molecule has 0 aliphatic rings. The molecule has 9 nitrogen and oxygen atoms in total. The molecule has 0 fully saturated rings. The first-order valence-electron chi connectivity index (χ1n) is 10.5. The van der Waals surface area contributed by atoms with Crippen LogP contribution in [0.3, 0.4) is 0 Å². The Hall–Kier alpha value is -3.92. The van der Waals surface area contributed by atoms with Gasteiger partial charge in [0.25, 0.3) is 10.0 Å². The summed E-state index contributed by atoms with van der Waals surface area (Å²) in [6.45, 7) is 2.33. The lowest BCUT2D eigenvalue weighted by Crippen LogP contribution is -2.19. The highest BCUT2D eigenvalue weighted by Crippen LogP contribution is 2.35. The van der Waals surface area contributed by atoms with Crippen molar-refractivity contribution in [2.45, 2.75) is 11.8 Å². The fourth-order valence-corrected chi connectivity index (χ4v) is 4.61. The van der Waals surface area contributed by atoms with Gasteiger partial charge in [0.2, 0.25) is 0 Å². The number of hydrogen-bond acceptors (Lipinski definition) is 6. The molecule has 4 aromatic rings. The molecule has 178 valence electrons. The first kappa shape index (κ1) is 23.2. The molecule has 0 amide bonds. The third-order valence-corrected chi connectivity index (χ3v) is 6.73. The van der Waals surface area contributed by atoms with Gasteiger partial charge in [0.05, 0.1) is 35.3 Å². The van der Waals surface area contributed by atoms with E-state index in [0.29, 0.717) is 34.9 Å². The highest BCUT2D eigenvalue weighted by atomic mass is 32.2. The van der Waals surface area contributed by atoms with Crippen molar-refractivity contribution in [3.05, 3.63) is 71.1 Å². The molecule has 1 aromatic heterocycles. The van der Waals surface area contributed by atoms with Crippen LogP contribution in [-0.2, 0) is 24.1 Å². The maximum absolute atomic E-state index is 13.2. The van der Waals surface area contributed by atoms with Crippen molar-refractivity contribution < 1.29 is 22.6 Å². The highest BCUT2D eigenvalue weighted by molar-refractivity contribution is 7.92. The number of hydrogen-bond donors (Lipinski definition) is 1. The number of aromatic nitrogens is 2. The summed E-state index contributed by atoms with van der Waals surface area (Å²) in [5.41, 5.74) is 1.11. The van der Waals surface area contributed by atoms with Crippen molar-refractivity contribution in [3.63, 3.8) is 0 Å². The number of imidazole rings is 1. The number of aryl methyl sites for hydroxylation is 2. The first-order chi connectivity index (χ1) is 16.2. The zero-order valence-corrected chi connectivity index (χ0v) is 20.0. The van der Waals surface area contributed by atoms with E-state index in [1.54, 1.807) is 69.7 Å². The molecule has 0 bridgehead atoms. The maximum Gasteiger partial charge on any atom is 0.328 e. The zero-order valence-electron chi connectivity index (χ0n) is 19.2. The summed E-state index contributed by atoms with van der Waals surface area (Å²) in [5, 5.41) is 0. The Morgan fingerprint density at radius 2 is 1.41 bits per heavy atom. The summed E-state index contributed by atoms with van der Waals surface area (Å²) in [5.74, 6) is 1.95. The van der Waals surface area contributed by atoms with Crippen LogP contribution in [0.15, 0.2) is 70.4 Å². The third-order valence-electron chi connectivity index (χ3n) is 5.35. The van der Waals surface area contributed by atoms with Crippen molar-refractivity contribution in [1.82, 2.24) is 9.13 Å². The molecule has 0 aliphatic heterocycles. The fourth-order valence-electron chi connectivity index (χ4n) is 3.55. The lowest BCUT2D eigenvalue weighted by Gasteiger charge is -2.15. The minimum Gasteiger partial charge on any atom is -0.497 e. The Balaban J connectivity index is 1.78. The molecule has 0 radical (unpaired) electrons. The van der Waals surface area contributed by atoms with Gasteiger partial charge in [-0.1, -0.05) is 0 Å². The Labute approximate surface area is 197 Å². The molecule has 10 heteroatoms. The second-order valence-corrected chi connectivity index (χ2v) is 9.21. The monoisotopic (exact) mass is 483 g/mol. The van der Waals surface area contributed by atoms with Crippen LogP contribution in [0.1, 0.15) is 6.92 Å². The second-order valence-electron chi connectivity index (χ2n) is 7.53. The molecule has 0 atom stereocenters. The molecule has 0 saturated heterocycles. The van der Waals surface area contributed by atoms with Gasteiger partial charge in [-0.3, -0.25) is 13.9 Å². The Morgan fingerprint density at radius 1 is 0.853 bits per heavy atom. The Morgan fingerprint density at radius 3 is 2.00 bits per heavy atom. The largest absolute Gasteiger partial charge is 0.497 e. The average molecular weight is 484 g/mol. The van der Waals surface area contributed by atoms with Crippen molar-refractivity contribution in [2.24, 2.45) is 14.1 Å². The van der Waals surface area contributed by atoms with E-state index in [2.05, 4.69) is 4.72 Å². The number of methoxy groups -OCH3 is 1. The van der Waals surface area contributed by atoms with Gasteiger partial charge >= 0.3 is 5.69 Å². The smallest absolute Gasteiger partial charge is 0.328 e. The van der Waals surface area contributed by atoms with E-state index < -0.39 is 10.0 Å². The van der Waals surface area contributed by atoms with Gasteiger partial charge in [0.1, 0.15) is 17.2 Å². The van der Waals surface area contributed by atoms with Crippen molar-refractivity contribution in [1.29, 1.82) is 0 Å². The Bertz CT molecular complexity index is 1490. The molecule has 0 spiro atoms. The summed E-state index contributed by atoms with van der Waals surface area (Å²) in [7, 11) is 0.877. The van der Waals surface area contributed by atoms with Crippen LogP contribution < -0.4 is 24.6 Å². The van der Waals surface area contributed by atoms with E-state index in [1.807, 2.05) is 6.92 Å². The molecule has 0 aliphatic carbocycles. The number of nitrogens with one attached hydrogen (secondary N) is 1. The van der Waals surface area contributed by atoms with E-state index in [0.717, 1.165) is 0 Å².